The minimum atomic E-state index is -0.346. The maximum absolute atomic E-state index is 12.4. The van der Waals surface area contributed by atoms with E-state index in [-0.39, 0.29) is 11.6 Å². The van der Waals surface area contributed by atoms with Gasteiger partial charge in [-0.05, 0) is 81.0 Å². The fourth-order valence-electron chi connectivity index (χ4n) is 3.46. The number of hydrogen-bond donors (Lipinski definition) is 0. The molecule has 3 nitrogen and oxygen atoms in total. The van der Waals surface area contributed by atoms with Gasteiger partial charge < -0.3 is 9.47 Å². The van der Waals surface area contributed by atoms with Crippen LogP contribution in [0.3, 0.4) is 0 Å². The first kappa shape index (κ1) is 19.5. The van der Waals surface area contributed by atoms with Crippen LogP contribution in [-0.4, -0.2) is 11.6 Å². The second-order valence-corrected chi connectivity index (χ2v) is 8.03. The Hall–Kier alpha value is -2.29. The van der Waals surface area contributed by atoms with Crippen LogP contribution in [-0.2, 0) is 0 Å². The Labute approximate surface area is 162 Å². The third-order valence-corrected chi connectivity index (χ3v) is 5.50. The van der Waals surface area contributed by atoms with Gasteiger partial charge in [-0.15, -0.1) is 0 Å². The fraction of sp³-hybridized carbons (Fsp3) is 0.458. The molecule has 1 aliphatic rings. The summed E-state index contributed by atoms with van der Waals surface area (Å²) in [6.45, 7) is 6.18. The highest BCUT2D eigenvalue weighted by atomic mass is 16.5. The Bertz CT molecular complexity index is 738. The first-order valence-corrected chi connectivity index (χ1v) is 10.1. The molecule has 3 heteroatoms. The summed E-state index contributed by atoms with van der Waals surface area (Å²) in [5, 5.41) is 0. The van der Waals surface area contributed by atoms with Gasteiger partial charge in [0.05, 0.1) is 5.56 Å². The lowest BCUT2D eigenvalue weighted by Gasteiger charge is -2.24. The van der Waals surface area contributed by atoms with Crippen LogP contribution in [0.2, 0.25) is 0 Å². The predicted molar refractivity (Wildman–Crippen MR) is 109 cm³/mol. The summed E-state index contributed by atoms with van der Waals surface area (Å²) in [5.74, 6) is 1.66. The molecule has 0 atom stereocenters. The third-order valence-electron chi connectivity index (χ3n) is 5.50. The Morgan fingerprint density at radius 3 is 2.11 bits per heavy atom. The fourth-order valence-corrected chi connectivity index (χ4v) is 3.46. The standard InChI is InChI=1S/C24H30O3/c1-4-24(2,3)27-22-16-12-20(13-17-22)23(25)26-21-14-10-19(11-15-21)18-8-6-5-7-9-18/h10-18H,4-9H2,1-3H3. The molecule has 144 valence electrons. The van der Waals surface area contributed by atoms with E-state index in [1.54, 1.807) is 12.1 Å². The van der Waals surface area contributed by atoms with Crippen LogP contribution in [0.4, 0.5) is 0 Å². The number of rotatable bonds is 6. The Morgan fingerprint density at radius 1 is 0.926 bits per heavy atom. The van der Waals surface area contributed by atoms with Gasteiger partial charge in [0.1, 0.15) is 17.1 Å². The summed E-state index contributed by atoms with van der Waals surface area (Å²) in [6, 6.07) is 15.1. The number of carbonyl (C=O) groups excluding carboxylic acids is 1. The second-order valence-electron chi connectivity index (χ2n) is 8.03. The monoisotopic (exact) mass is 366 g/mol. The van der Waals surface area contributed by atoms with Crippen LogP contribution in [0.1, 0.15) is 81.1 Å². The Kier molecular flexibility index (Phi) is 6.20. The van der Waals surface area contributed by atoms with Crippen molar-refractivity contribution in [2.45, 2.75) is 70.8 Å². The molecule has 1 saturated carbocycles. The van der Waals surface area contributed by atoms with E-state index in [0.717, 1.165) is 12.2 Å². The van der Waals surface area contributed by atoms with Crippen LogP contribution in [0.15, 0.2) is 48.5 Å². The van der Waals surface area contributed by atoms with E-state index in [1.165, 1.54) is 37.7 Å². The molecule has 3 rings (SSSR count). The van der Waals surface area contributed by atoms with Crippen molar-refractivity contribution in [2.75, 3.05) is 0 Å². The molecule has 27 heavy (non-hydrogen) atoms. The summed E-state index contributed by atoms with van der Waals surface area (Å²) in [7, 11) is 0. The number of hydrogen-bond acceptors (Lipinski definition) is 3. The quantitative estimate of drug-likeness (QED) is 0.431. The molecule has 2 aromatic carbocycles. The summed E-state index contributed by atoms with van der Waals surface area (Å²) < 4.78 is 11.4. The average molecular weight is 367 g/mol. The summed E-state index contributed by atoms with van der Waals surface area (Å²) >= 11 is 0. The van der Waals surface area contributed by atoms with Crippen LogP contribution < -0.4 is 9.47 Å². The molecule has 0 radical (unpaired) electrons. The number of benzene rings is 2. The molecule has 0 amide bonds. The molecule has 2 aromatic rings. The third kappa shape index (κ3) is 5.35. The molecule has 0 N–H and O–H groups in total. The van der Waals surface area contributed by atoms with Crippen molar-refractivity contribution >= 4 is 5.97 Å². The molecule has 1 fully saturated rings. The maximum atomic E-state index is 12.4. The predicted octanol–water partition coefficient (Wildman–Crippen LogP) is 6.52. The van der Waals surface area contributed by atoms with Gasteiger partial charge in [0, 0.05) is 0 Å². The molecule has 0 bridgehead atoms. The lowest BCUT2D eigenvalue weighted by molar-refractivity contribution is 0.0734. The van der Waals surface area contributed by atoms with Gasteiger partial charge in [0.2, 0.25) is 0 Å². The van der Waals surface area contributed by atoms with Crippen LogP contribution >= 0.6 is 0 Å². The number of carbonyl (C=O) groups is 1. The highest BCUT2D eigenvalue weighted by Gasteiger charge is 2.18. The van der Waals surface area contributed by atoms with Crippen molar-refractivity contribution in [2.24, 2.45) is 0 Å². The number of ether oxygens (including phenoxy) is 2. The lowest BCUT2D eigenvalue weighted by Crippen LogP contribution is -2.26. The van der Waals surface area contributed by atoms with Gasteiger partial charge in [-0.2, -0.15) is 0 Å². The molecular weight excluding hydrogens is 336 g/mol. The van der Waals surface area contributed by atoms with Gasteiger partial charge in [-0.1, -0.05) is 38.3 Å². The van der Waals surface area contributed by atoms with Gasteiger partial charge >= 0.3 is 5.97 Å². The summed E-state index contributed by atoms with van der Waals surface area (Å²) in [6.07, 6.45) is 7.43. The Balaban J connectivity index is 1.59. The van der Waals surface area contributed by atoms with E-state index in [4.69, 9.17) is 9.47 Å². The molecule has 0 spiro atoms. The van der Waals surface area contributed by atoms with Crippen molar-refractivity contribution in [3.63, 3.8) is 0 Å². The number of esters is 1. The van der Waals surface area contributed by atoms with Crippen molar-refractivity contribution in [3.8, 4) is 11.5 Å². The van der Waals surface area contributed by atoms with Crippen LogP contribution in [0.25, 0.3) is 0 Å². The normalized spacial score (nSPS) is 15.4. The zero-order valence-electron chi connectivity index (χ0n) is 16.7. The lowest BCUT2D eigenvalue weighted by atomic mass is 9.84. The van der Waals surface area contributed by atoms with Gasteiger partial charge in [-0.25, -0.2) is 4.79 Å². The smallest absolute Gasteiger partial charge is 0.343 e. The molecule has 0 saturated heterocycles. The van der Waals surface area contributed by atoms with E-state index in [2.05, 4.69) is 19.1 Å². The van der Waals surface area contributed by atoms with E-state index < -0.39 is 0 Å². The van der Waals surface area contributed by atoms with E-state index in [9.17, 15) is 4.79 Å². The zero-order chi connectivity index (χ0) is 19.3. The second kappa shape index (κ2) is 8.60. The van der Waals surface area contributed by atoms with Crippen LogP contribution in [0, 0.1) is 0 Å². The average Bonchev–Trinajstić information content (AvgIpc) is 2.69. The van der Waals surface area contributed by atoms with Gasteiger partial charge in [0.25, 0.3) is 0 Å². The SMILES string of the molecule is CCC(C)(C)Oc1ccc(C(=O)Oc2ccc(C3CCCCC3)cc2)cc1. The maximum Gasteiger partial charge on any atom is 0.343 e. The topological polar surface area (TPSA) is 35.5 Å². The van der Waals surface area contributed by atoms with E-state index in [0.29, 0.717) is 17.2 Å². The first-order valence-electron chi connectivity index (χ1n) is 10.1. The Morgan fingerprint density at radius 2 is 1.52 bits per heavy atom. The van der Waals surface area contributed by atoms with Crippen molar-refractivity contribution in [1.82, 2.24) is 0 Å². The van der Waals surface area contributed by atoms with Crippen molar-refractivity contribution in [1.29, 1.82) is 0 Å². The minimum Gasteiger partial charge on any atom is -0.488 e. The highest BCUT2D eigenvalue weighted by molar-refractivity contribution is 5.91. The van der Waals surface area contributed by atoms with E-state index in [1.807, 2.05) is 38.1 Å². The molecule has 0 heterocycles. The zero-order valence-corrected chi connectivity index (χ0v) is 16.7. The molecular formula is C24H30O3. The minimum absolute atomic E-state index is 0.220. The molecule has 0 aromatic heterocycles. The van der Waals surface area contributed by atoms with Gasteiger partial charge in [0.15, 0.2) is 0 Å². The molecule has 0 aliphatic heterocycles. The first-order chi connectivity index (χ1) is 13.0. The summed E-state index contributed by atoms with van der Waals surface area (Å²) in [5.41, 5.74) is 1.66. The molecule has 1 aliphatic carbocycles. The van der Waals surface area contributed by atoms with E-state index >= 15 is 0 Å². The summed E-state index contributed by atoms with van der Waals surface area (Å²) in [4.78, 5) is 12.4. The van der Waals surface area contributed by atoms with Crippen molar-refractivity contribution in [3.05, 3.63) is 59.7 Å². The van der Waals surface area contributed by atoms with Crippen LogP contribution in [0.5, 0.6) is 11.5 Å². The highest BCUT2D eigenvalue weighted by Crippen LogP contribution is 2.33. The largest absolute Gasteiger partial charge is 0.488 e. The van der Waals surface area contributed by atoms with Crippen molar-refractivity contribution < 1.29 is 14.3 Å². The van der Waals surface area contributed by atoms with Gasteiger partial charge in [-0.3, -0.25) is 0 Å². The molecule has 0 unspecified atom stereocenters.